The Morgan fingerprint density at radius 3 is 1.90 bits per heavy atom. The molecule has 0 radical (unpaired) electrons. The van der Waals surface area contributed by atoms with E-state index < -0.39 is 0 Å². The van der Waals surface area contributed by atoms with Crippen LogP contribution in [0.1, 0.15) is 112 Å². The Hall–Kier alpha value is -1.09. The third kappa shape index (κ3) is 9.98. The van der Waals surface area contributed by atoms with E-state index in [0.29, 0.717) is 0 Å². The Morgan fingerprint density at radius 2 is 1.41 bits per heavy atom. The molecule has 1 amide bonds. The average molecular weight is 405 g/mol. The van der Waals surface area contributed by atoms with Crippen LogP contribution >= 0.6 is 0 Å². The quantitative estimate of drug-likeness (QED) is 0.196. The van der Waals surface area contributed by atoms with E-state index in [-0.39, 0.29) is 17.0 Å². The van der Waals surface area contributed by atoms with E-state index in [1.54, 1.807) is 0 Å². The fraction of sp³-hybridized carbons (Fsp3) is 0.808. The fourth-order valence-corrected chi connectivity index (χ4v) is 4.97. The van der Waals surface area contributed by atoms with Crippen molar-refractivity contribution in [2.75, 3.05) is 13.1 Å². The van der Waals surface area contributed by atoms with Crippen LogP contribution in [0.2, 0.25) is 0 Å². The van der Waals surface area contributed by atoms with Gasteiger partial charge in [0.2, 0.25) is 5.91 Å². The van der Waals surface area contributed by atoms with Gasteiger partial charge in [-0.15, -0.1) is 6.58 Å². The predicted molar refractivity (Wildman–Crippen MR) is 127 cm³/mol. The molecule has 1 fully saturated rings. The van der Waals surface area contributed by atoms with Gasteiger partial charge in [-0.1, -0.05) is 76.4 Å². The van der Waals surface area contributed by atoms with Crippen LogP contribution in [0.3, 0.4) is 0 Å². The van der Waals surface area contributed by atoms with E-state index >= 15 is 0 Å². The lowest BCUT2D eigenvalue weighted by Gasteiger charge is -2.53. The van der Waals surface area contributed by atoms with Gasteiger partial charge in [-0.2, -0.15) is 0 Å². The van der Waals surface area contributed by atoms with Gasteiger partial charge in [0.05, 0.1) is 0 Å². The van der Waals surface area contributed by atoms with E-state index in [1.165, 1.54) is 63.4 Å². The van der Waals surface area contributed by atoms with Crippen LogP contribution in [0.25, 0.3) is 0 Å². The van der Waals surface area contributed by atoms with E-state index in [1.807, 2.05) is 12.2 Å². The summed E-state index contributed by atoms with van der Waals surface area (Å²) in [6, 6.07) is 0. The van der Waals surface area contributed by atoms with Gasteiger partial charge in [-0.05, 0) is 47.0 Å². The number of nitrogens with zero attached hydrogens (tertiary/aromatic N) is 1. The molecule has 1 aliphatic rings. The molecule has 0 aromatic heterocycles. The molecular weight excluding hydrogens is 356 g/mol. The standard InChI is InChI=1S/C26H48N2O/c1-7-9-10-11-12-13-14-15-16-17-18-27-24(29)20-23-21-25(3,4)28(19-8-2)26(5,6)22-23/h8,20H,2,7,9-19,21-22H2,1,3-6H3,(H,27,29). The molecule has 0 unspecified atom stereocenters. The molecule has 3 nitrogen and oxygen atoms in total. The molecule has 1 aliphatic heterocycles. The van der Waals surface area contributed by atoms with Crippen molar-refractivity contribution in [2.24, 2.45) is 0 Å². The van der Waals surface area contributed by atoms with Crippen LogP contribution in [0.4, 0.5) is 0 Å². The maximum absolute atomic E-state index is 12.4. The molecule has 29 heavy (non-hydrogen) atoms. The van der Waals surface area contributed by atoms with Crippen molar-refractivity contribution in [3.05, 3.63) is 24.3 Å². The molecule has 0 aromatic rings. The summed E-state index contributed by atoms with van der Waals surface area (Å²) >= 11 is 0. The first-order chi connectivity index (χ1) is 13.7. The van der Waals surface area contributed by atoms with Crippen LogP contribution < -0.4 is 5.32 Å². The van der Waals surface area contributed by atoms with Crippen LogP contribution in [-0.4, -0.2) is 35.0 Å². The highest BCUT2D eigenvalue weighted by molar-refractivity contribution is 5.88. The number of hydrogen-bond acceptors (Lipinski definition) is 2. The summed E-state index contributed by atoms with van der Waals surface area (Å²) in [7, 11) is 0. The highest BCUT2D eigenvalue weighted by Gasteiger charge is 2.42. The van der Waals surface area contributed by atoms with Gasteiger partial charge < -0.3 is 5.32 Å². The van der Waals surface area contributed by atoms with Crippen LogP contribution in [0.5, 0.6) is 0 Å². The maximum atomic E-state index is 12.4. The summed E-state index contributed by atoms with van der Waals surface area (Å²) < 4.78 is 0. The lowest BCUT2D eigenvalue weighted by molar-refractivity contribution is -0.116. The Kier molecular flexibility index (Phi) is 11.9. The van der Waals surface area contributed by atoms with E-state index in [4.69, 9.17) is 0 Å². The monoisotopic (exact) mass is 404 g/mol. The molecule has 0 saturated carbocycles. The molecule has 1 N–H and O–H groups in total. The zero-order valence-electron chi connectivity index (χ0n) is 20.1. The molecule has 0 atom stereocenters. The Labute approximate surface area is 181 Å². The summed E-state index contributed by atoms with van der Waals surface area (Å²) in [6.45, 7) is 17.0. The van der Waals surface area contributed by atoms with Crippen molar-refractivity contribution < 1.29 is 4.79 Å². The number of unbranched alkanes of at least 4 members (excludes halogenated alkanes) is 9. The molecule has 1 heterocycles. The molecule has 3 heteroatoms. The molecule has 0 aliphatic carbocycles. The Morgan fingerprint density at radius 1 is 0.931 bits per heavy atom. The van der Waals surface area contributed by atoms with Gasteiger partial charge in [0, 0.05) is 30.2 Å². The second kappa shape index (κ2) is 13.3. The normalized spacial score (nSPS) is 18.4. The van der Waals surface area contributed by atoms with Crippen LogP contribution in [-0.2, 0) is 4.79 Å². The number of likely N-dealkylation sites (tertiary alicyclic amines) is 1. The third-order valence-corrected chi connectivity index (χ3v) is 6.26. The second-order valence-corrected chi connectivity index (χ2v) is 10.2. The highest BCUT2D eigenvalue weighted by Crippen LogP contribution is 2.40. The van der Waals surface area contributed by atoms with Gasteiger partial charge in [-0.3, -0.25) is 9.69 Å². The molecule has 1 rings (SSSR count). The molecular formula is C26H48N2O. The van der Waals surface area contributed by atoms with Gasteiger partial charge in [-0.25, -0.2) is 0 Å². The molecule has 0 aromatic carbocycles. The fourth-order valence-electron chi connectivity index (χ4n) is 4.97. The van der Waals surface area contributed by atoms with Crippen molar-refractivity contribution >= 4 is 5.91 Å². The van der Waals surface area contributed by atoms with Crippen LogP contribution in [0, 0.1) is 0 Å². The molecule has 0 bridgehead atoms. The SMILES string of the molecule is C=CCN1C(C)(C)CC(=CC(=O)NCCCCCCCCCCCC)CC1(C)C. The van der Waals surface area contributed by atoms with Gasteiger partial charge in [0.1, 0.15) is 0 Å². The van der Waals surface area contributed by atoms with Gasteiger partial charge >= 0.3 is 0 Å². The van der Waals surface area contributed by atoms with Crippen molar-refractivity contribution in [2.45, 2.75) is 123 Å². The van der Waals surface area contributed by atoms with E-state index in [0.717, 1.165) is 32.4 Å². The summed E-state index contributed by atoms with van der Waals surface area (Å²) in [5.74, 6) is 0.0831. The first kappa shape index (κ1) is 25.9. The van der Waals surface area contributed by atoms with Gasteiger partial charge in [0.25, 0.3) is 0 Å². The largest absolute Gasteiger partial charge is 0.353 e. The number of amides is 1. The van der Waals surface area contributed by atoms with Crippen molar-refractivity contribution in [1.82, 2.24) is 10.2 Å². The number of carbonyl (C=O) groups is 1. The van der Waals surface area contributed by atoms with Crippen molar-refractivity contribution in [3.8, 4) is 0 Å². The minimum absolute atomic E-state index is 0.0403. The first-order valence-electron chi connectivity index (χ1n) is 12.1. The molecule has 0 spiro atoms. The van der Waals surface area contributed by atoms with Crippen molar-refractivity contribution in [1.29, 1.82) is 0 Å². The number of piperidine rings is 1. The summed E-state index contributed by atoms with van der Waals surface area (Å²) in [6.07, 6.45) is 19.0. The molecule has 1 saturated heterocycles. The van der Waals surface area contributed by atoms with E-state index in [9.17, 15) is 4.79 Å². The van der Waals surface area contributed by atoms with Crippen LogP contribution in [0.15, 0.2) is 24.3 Å². The maximum Gasteiger partial charge on any atom is 0.243 e. The zero-order valence-corrected chi connectivity index (χ0v) is 20.1. The average Bonchev–Trinajstić information content (AvgIpc) is 2.62. The third-order valence-electron chi connectivity index (χ3n) is 6.26. The zero-order chi connectivity index (χ0) is 21.8. The lowest BCUT2D eigenvalue weighted by Crippen LogP contribution is -2.59. The topological polar surface area (TPSA) is 32.3 Å². The summed E-state index contributed by atoms with van der Waals surface area (Å²) in [4.78, 5) is 14.9. The molecule has 168 valence electrons. The minimum atomic E-state index is 0.0403. The summed E-state index contributed by atoms with van der Waals surface area (Å²) in [5.41, 5.74) is 1.35. The second-order valence-electron chi connectivity index (χ2n) is 10.2. The number of nitrogens with one attached hydrogen (secondary N) is 1. The first-order valence-corrected chi connectivity index (χ1v) is 12.1. The smallest absolute Gasteiger partial charge is 0.243 e. The van der Waals surface area contributed by atoms with E-state index in [2.05, 4.69) is 51.4 Å². The Bertz CT molecular complexity index is 499. The minimum Gasteiger partial charge on any atom is -0.353 e. The lowest BCUT2D eigenvalue weighted by atomic mass is 9.76. The predicted octanol–water partition coefficient (Wildman–Crippen LogP) is 6.79. The van der Waals surface area contributed by atoms with Crippen molar-refractivity contribution in [3.63, 3.8) is 0 Å². The number of rotatable bonds is 14. The summed E-state index contributed by atoms with van der Waals surface area (Å²) in [5, 5.41) is 3.10. The number of carbonyl (C=O) groups excluding carboxylic acids is 1. The Balaban J connectivity index is 2.25. The number of hydrogen-bond donors (Lipinski definition) is 1. The highest BCUT2D eigenvalue weighted by atomic mass is 16.1. The van der Waals surface area contributed by atoms with Gasteiger partial charge in [0.15, 0.2) is 0 Å².